The molecule has 0 amide bonds. The molecule has 1 aromatic carbocycles. The fraction of sp³-hybridized carbons (Fsp3) is 0.118. The Kier molecular flexibility index (Phi) is 4.43. The van der Waals surface area contributed by atoms with Gasteiger partial charge >= 0.3 is 0 Å². The number of nitrogens with zero attached hydrogens (tertiary/aromatic N) is 4. The van der Waals surface area contributed by atoms with Crippen LogP contribution in [0.5, 0.6) is 5.75 Å². The van der Waals surface area contributed by atoms with Crippen LogP contribution in [0, 0.1) is 17.1 Å². The van der Waals surface area contributed by atoms with Gasteiger partial charge in [-0.15, -0.1) is 0 Å². The van der Waals surface area contributed by atoms with Crippen LogP contribution < -0.4 is 4.74 Å². The first-order valence-electron chi connectivity index (χ1n) is 7.18. The molecule has 0 radical (unpaired) electrons. The largest absolute Gasteiger partial charge is 0.496 e. The molecule has 0 spiro atoms. The number of aliphatic hydroxyl groups excluding tert-OH is 1. The van der Waals surface area contributed by atoms with Gasteiger partial charge in [0.2, 0.25) is 0 Å². The van der Waals surface area contributed by atoms with Crippen molar-refractivity contribution in [1.82, 2.24) is 14.8 Å². The van der Waals surface area contributed by atoms with Crippen molar-refractivity contribution in [2.24, 2.45) is 0 Å². The van der Waals surface area contributed by atoms with Crippen molar-refractivity contribution in [1.29, 1.82) is 5.26 Å². The molecule has 0 unspecified atom stereocenters. The minimum atomic E-state index is -1.65. The Balaban J connectivity index is 2.08. The first-order chi connectivity index (χ1) is 12.0. The van der Waals surface area contributed by atoms with Gasteiger partial charge in [-0.3, -0.25) is 0 Å². The highest BCUT2D eigenvalue weighted by Gasteiger charge is 2.14. The predicted molar refractivity (Wildman–Crippen MR) is 85.2 cm³/mol. The first-order valence-corrected chi connectivity index (χ1v) is 7.18. The molecule has 0 saturated heterocycles. The fourth-order valence-electron chi connectivity index (χ4n) is 2.36. The van der Waals surface area contributed by atoms with Gasteiger partial charge < -0.3 is 14.9 Å². The van der Waals surface area contributed by atoms with Gasteiger partial charge in [0, 0.05) is 41.2 Å². The summed E-state index contributed by atoms with van der Waals surface area (Å²) in [5, 5.41) is 31.7. The molecule has 0 aliphatic heterocycles. The zero-order chi connectivity index (χ0) is 18.0. The Morgan fingerprint density at radius 2 is 2.04 bits per heavy atom. The van der Waals surface area contributed by atoms with Gasteiger partial charge in [-0.05, 0) is 12.1 Å². The van der Waals surface area contributed by atoms with E-state index in [0.29, 0.717) is 16.9 Å². The number of benzene rings is 1. The summed E-state index contributed by atoms with van der Waals surface area (Å²) in [4.78, 5) is 4.24. The van der Waals surface area contributed by atoms with Gasteiger partial charge in [0.1, 0.15) is 11.6 Å². The SMILES string of the molecule is COc1cc(F)ccc1-c1cnc(-n2cc(C(O)O)cn2)cc1C#N. The van der Waals surface area contributed by atoms with Crippen LogP contribution in [-0.2, 0) is 0 Å². The minimum absolute atomic E-state index is 0.199. The van der Waals surface area contributed by atoms with Gasteiger partial charge in [-0.1, -0.05) is 0 Å². The van der Waals surface area contributed by atoms with E-state index in [1.54, 1.807) is 0 Å². The van der Waals surface area contributed by atoms with Gasteiger partial charge in [0.15, 0.2) is 12.1 Å². The highest BCUT2D eigenvalue weighted by atomic mass is 19.1. The van der Waals surface area contributed by atoms with Crippen molar-refractivity contribution in [2.45, 2.75) is 6.29 Å². The van der Waals surface area contributed by atoms with Crippen molar-refractivity contribution in [2.75, 3.05) is 7.11 Å². The fourth-order valence-corrected chi connectivity index (χ4v) is 2.36. The van der Waals surface area contributed by atoms with E-state index in [1.165, 1.54) is 54.6 Å². The Morgan fingerprint density at radius 3 is 2.68 bits per heavy atom. The first kappa shape index (κ1) is 16.6. The van der Waals surface area contributed by atoms with E-state index < -0.39 is 12.1 Å². The lowest BCUT2D eigenvalue weighted by atomic mass is 10.0. The number of hydrogen-bond acceptors (Lipinski definition) is 6. The van der Waals surface area contributed by atoms with Crippen LogP contribution in [0.1, 0.15) is 17.4 Å². The third kappa shape index (κ3) is 3.19. The second kappa shape index (κ2) is 6.68. The molecule has 25 heavy (non-hydrogen) atoms. The van der Waals surface area contributed by atoms with E-state index in [0.717, 1.165) is 0 Å². The number of nitriles is 1. The zero-order valence-corrected chi connectivity index (χ0v) is 13.1. The third-order valence-corrected chi connectivity index (χ3v) is 3.60. The maximum Gasteiger partial charge on any atom is 0.181 e. The van der Waals surface area contributed by atoms with E-state index in [2.05, 4.69) is 16.2 Å². The maximum absolute atomic E-state index is 13.4. The van der Waals surface area contributed by atoms with Gasteiger partial charge in [0.05, 0.1) is 24.9 Å². The molecule has 2 heterocycles. The molecule has 7 nitrogen and oxygen atoms in total. The number of rotatable bonds is 4. The number of aliphatic hydroxyl groups is 2. The van der Waals surface area contributed by atoms with Gasteiger partial charge in [0.25, 0.3) is 0 Å². The highest BCUT2D eigenvalue weighted by molar-refractivity contribution is 5.75. The van der Waals surface area contributed by atoms with Gasteiger partial charge in [-0.2, -0.15) is 10.4 Å². The van der Waals surface area contributed by atoms with E-state index in [1.807, 2.05) is 0 Å². The van der Waals surface area contributed by atoms with Crippen molar-refractivity contribution >= 4 is 0 Å². The van der Waals surface area contributed by atoms with Crippen LogP contribution in [0.4, 0.5) is 4.39 Å². The Morgan fingerprint density at radius 1 is 1.24 bits per heavy atom. The van der Waals surface area contributed by atoms with E-state index in [9.17, 15) is 9.65 Å². The van der Waals surface area contributed by atoms with Crippen molar-refractivity contribution in [3.8, 4) is 28.8 Å². The molecule has 0 bridgehead atoms. The highest BCUT2D eigenvalue weighted by Crippen LogP contribution is 2.33. The molecule has 2 N–H and O–H groups in total. The lowest BCUT2D eigenvalue weighted by Gasteiger charge is -2.11. The Labute approximate surface area is 142 Å². The van der Waals surface area contributed by atoms with E-state index in [4.69, 9.17) is 14.9 Å². The van der Waals surface area contributed by atoms with Crippen LogP contribution in [0.2, 0.25) is 0 Å². The third-order valence-electron chi connectivity index (χ3n) is 3.60. The van der Waals surface area contributed by atoms with E-state index in [-0.39, 0.29) is 16.9 Å². The van der Waals surface area contributed by atoms with Crippen molar-refractivity contribution in [3.63, 3.8) is 0 Å². The summed E-state index contributed by atoms with van der Waals surface area (Å²) < 4.78 is 19.9. The number of ether oxygens (including phenoxy) is 1. The molecular formula is C17H13FN4O3. The van der Waals surface area contributed by atoms with Crippen LogP contribution in [0.3, 0.4) is 0 Å². The number of aromatic nitrogens is 3. The second-order valence-electron chi connectivity index (χ2n) is 5.14. The molecule has 0 fully saturated rings. The monoisotopic (exact) mass is 340 g/mol. The average molecular weight is 340 g/mol. The molecule has 126 valence electrons. The quantitative estimate of drug-likeness (QED) is 0.703. The molecule has 0 atom stereocenters. The summed E-state index contributed by atoms with van der Waals surface area (Å²) in [6, 6.07) is 7.59. The number of halogens is 1. The zero-order valence-electron chi connectivity index (χ0n) is 13.1. The molecule has 0 aliphatic carbocycles. The summed E-state index contributed by atoms with van der Waals surface area (Å²) in [5.74, 6) is 0.166. The molecular weight excluding hydrogens is 327 g/mol. The van der Waals surface area contributed by atoms with Crippen LogP contribution in [0.15, 0.2) is 42.9 Å². The lowest BCUT2D eigenvalue weighted by molar-refractivity contribution is -0.0425. The number of methoxy groups -OCH3 is 1. The number of pyridine rings is 1. The molecule has 0 saturated carbocycles. The average Bonchev–Trinajstić information content (AvgIpc) is 3.11. The standard InChI is InChI=1S/C17H13FN4O3/c1-25-15-5-12(18)2-3-13(15)14-8-20-16(4-10(14)6-19)22-9-11(7-21-22)17(23)24/h2-5,7-9,17,23-24H,1H3. The Bertz CT molecular complexity index is 963. The minimum Gasteiger partial charge on any atom is -0.496 e. The van der Waals surface area contributed by atoms with Crippen LogP contribution >= 0.6 is 0 Å². The molecule has 8 heteroatoms. The Hall–Kier alpha value is -3.28. The van der Waals surface area contributed by atoms with Crippen LogP contribution in [-0.4, -0.2) is 32.1 Å². The maximum atomic E-state index is 13.4. The van der Waals surface area contributed by atoms with Gasteiger partial charge in [-0.25, -0.2) is 14.1 Å². The molecule has 3 aromatic rings. The smallest absolute Gasteiger partial charge is 0.181 e. The van der Waals surface area contributed by atoms with Crippen LogP contribution in [0.25, 0.3) is 16.9 Å². The topological polar surface area (TPSA) is 104 Å². The number of hydrogen-bond donors (Lipinski definition) is 2. The molecule has 0 aliphatic rings. The normalized spacial score (nSPS) is 10.7. The predicted octanol–water partition coefficient (Wildman–Crippen LogP) is 1.94. The lowest BCUT2D eigenvalue weighted by Crippen LogP contribution is -2.01. The summed E-state index contributed by atoms with van der Waals surface area (Å²) in [5.41, 5.74) is 1.50. The molecule has 2 aromatic heterocycles. The summed E-state index contributed by atoms with van der Waals surface area (Å²) in [7, 11) is 1.41. The second-order valence-corrected chi connectivity index (χ2v) is 5.14. The summed E-state index contributed by atoms with van der Waals surface area (Å²) in [6.45, 7) is 0. The van der Waals surface area contributed by atoms with Crippen molar-refractivity contribution < 1.29 is 19.3 Å². The molecule has 3 rings (SSSR count). The summed E-state index contributed by atoms with van der Waals surface area (Å²) in [6.07, 6.45) is 2.49. The van der Waals surface area contributed by atoms with Crippen molar-refractivity contribution in [3.05, 3.63) is 59.8 Å². The summed E-state index contributed by atoms with van der Waals surface area (Å²) >= 11 is 0. The van der Waals surface area contributed by atoms with E-state index >= 15 is 0 Å².